The molecule has 0 fully saturated rings. The van der Waals surface area contributed by atoms with Crippen LogP contribution in [0.4, 0.5) is 0 Å². The van der Waals surface area contributed by atoms with Gasteiger partial charge in [0.2, 0.25) is 0 Å². The van der Waals surface area contributed by atoms with Gasteiger partial charge in [0.05, 0.1) is 20.1 Å². The molecule has 1 aromatic carbocycles. The van der Waals surface area contributed by atoms with E-state index in [1.165, 1.54) is 0 Å². The van der Waals surface area contributed by atoms with Gasteiger partial charge >= 0.3 is 5.97 Å². The van der Waals surface area contributed by atoms with Crippen LogP contribution in [0.5, 0.6) is 5.75 Å². The van der Waals surface area contributed by atoms with Crippen LogP contribution in [-0.4, -0.2) is 19.7 Å². The molecule has 0 bridgehead atoms. The number of rotatable bonds is 5. The molecule has 1 atom stereocenters. The second kappa shape index (κ2) is 6.25. The number of nitrogens with two attached hydrogens (primary N) is 1. The molecule has 0 aliphatic rings. The van der Waals surface area contributed by atoms with Crippen LogP contribution in [0.3, 0.4) is 0 Å². The lowest BCUT2D eigenvalue weighted by molar-refractivity contribution is -0.143. The van der Waals surface area contributed by atoms with Crippen molar-refractivity contribution in [1.82, 2.24) is 0 Å². The van der Waals surface area contributed by atoms with E-state index < -0.39 is 0 Å². The Morgan fingerprint density at radius 3 is 2.71 bits per heavy atom. The van der Waals surface area contributed by atoms with E-state index in [4.69, 9.17) is 15.2 Å². The Labute approximate surface area is 102 Å². The number of carbonyl (C=O) groups is 1. The first-order valence-electron chi connectivity index (χ1n) is 5.64. The third kappa shape index (κ3) is 3.75. The summed E-state index contributed by atoms with van der Waals surface area (Å²) in [5.41, 5.74) is 7.94. The van der Waals surface area contributed by atoms with Gasteiger partial charge in [-0.15, -0.1) is 0 Å². The van der Waals surface area contributed by atoms with Gasteiger partial charge in [0.1, 0.15) is 5.75 Å². The van der Waals surface area contributed by atoms with E-state index in [0.717, 1.165) is 16.9 Å². The number of methoxy groups -OCH3 is 1. The second-order valence-corrected chi connectivity index (χ2v) is 3.84. The Balaban J connectivity index is 2.75. The topological polar surface area (TPSA) is 61.5 Å². The first-order valence-corrected chi connectivity index (χ1v) is 5.64. The first-order chi connectivity index (χ1) is 8.08. The molecule has 4 heteroatoms. The number of ether oxygens (including phenoxy) is 2. The average Bonchev–Trinajstić information content (AvgIpc) is 2.28. The highest BCUT2D eigenvalue weighted by atomic mass is 16.5. The van der Waals surface area contributed by atoms with Crippen LogP contribution in [0.2, 0.25) is 0 Å². The molecule has 4 nitrogen and oxygen atoms in total. The normalized spacial score (nSPS) is 12.0. The molecule has 0 aliphatic carbocycles. The largest absolute Gasteiger partial charge is 0.497 e. The van der Waals surface area contributed by atoms with Crippen molar-refractivity contribution in [1.29, 1.82) is 0 Å². The van der Waals surface area contributed by atoms with E-state index in [2.05, 4.69) is 0 Å². The van der Waals surface area contributed by atoms with Gasteiger partial charge < -0.3 is 15.2 Å². The van der Waals surface area contributed by atoms with E-state index >= 15 is 0 Å². The molecule has 0 amide bonds. The predicted octanol–water partition coefficient (Wildman–Crippen LogP) is 1.96. The van der Waals surface area contributed by atoms with E-state index in [9.17, 15) is 4.79 Å². The minimum Gasteiger partial charge on any atom is -0.497 e. The Kier molecular flexibility index (Phi) is 4.97. The molecule has 0 radical (unpaired) electrons. The highest BCUT2D eigenvalue weighted by Gasteiger charge is 2.14. The van der Waals surface area contributed by atoms with Crippen molar-refractivity contribution >= 4 is 5.97 Å². The lowest BCUT2D eigenvalue weighted by Gasteiger charge is -2.14. The average molecular weight is 237 g/mol. The van der Waals surface area contributed by atoms with Crippen molar-refractivity contribution in [3.8, 4) is 5.75 Å². The molecule has 0 unspecified atom stereocenters. The zero-order valence-electron chi connectivity index (χ0n) is 10.5. The highest BCUT2D eigenvalue weighted by Crippen LogP contribution is 2.23. The lowest BCUT2D eigenvalue weighted by atomic mass is 9.99. The lowest BCUT2D eigenvalue weighted by Crippen LogP contribution is -2.18. The highest BCUT2D eigenvalue weighted by molar-refractivity contribution is 5.70. The monoisotopic (exact) mass is 237 g/mol. The van der Waals surface area contributed by atoms with E-state index in [1.54, 1.807) is 14.0 Å². The predicted molar refractivity (Wildman–Crippen MR) is 65.9 cm³/mol. The van der Waals surface area contributed by atoms with Gasteiger partial charge in [-0.3, -0.25) is 4.79 Å². The van der Waals surface area contributed by atoms with E-state index in [0.29, 0.717) is 6.61 Å². The SMILES string of the molecule is CCOC(=O)C[C@H](N)c1ccc(OC)cc1C. The fourth-order valence-corrected chi connectivity index (χ4v) is 1.70. The van der Waals surface area contributed by atoms with Crippen LogP contribution >= 0.6 is 0 Å². The number of hydrogen-bond donors (Lipinski definition) is 1. The minimum absolute atomic E-state index is 0.195. The Bertz CT molecular complexity index is 390. The van der Waals surface area contributed by atoms with Gasteiger partial charge in [-0.2, -0.15) is 0 Å². The fraction of sp³-hybridized carbons (Fsp3) is 0.462. The molecule has 1 rings (SSSR count). The maximum atomic E-state index is 11.3. The summed E-state index contributed by atoms with van der Waals surface area (Å²) in [7, 11) is 1.62. The zero-order valence-corrected chi connectivity index (χ0v) is 10.5. The van der Waals surface area contributed by atoms with Gasteiger partial charge in [0.25, 0.3) is 0 Å². The van der Waals surface area contributed by atoms with Crippen LogP contribution in [0.25, 0.3) is 0 Å². The smallest absolute Gasteiger partial charge is 0.307 e. The summed E-state index contributed by atoms with van der Waals surface area (Å²) in [5, 5.41) is 0. The quantitative estimate of drug-likeness (QED) is 0.795. The number of carbonyl (C=O) groups excluding carboxylic acids is 1. The van der Waals surface area contributed by atoms with E-state index in [-0.39, 0.29) is 18.4 Å². The molecular formula is C13H19NO3. The van der Waals surface area contributed by atoms with Gasteiger partial charge in [0.15, 0.2) is 0 Å². The van der Waals surface area contributed by atoms with Crippen molar-refractivity contribution in [2.75, 3.05) is 13.7 Å². The summed E-state index contributed by atoms with van der Waals surface area (Å²) in [5.74, 6) is 0.518. The summed E-state index contributed by atoms with van der Waals surface area (Å²) in [6.07, 6.45) is 0.195. The van der Waals surface area contributed by atoms with Gasteiger partial charge in [0, 0.05) is 6.04 Å². The Hall–Kier alpha value is -1.55. The summed E-state index contributed by atoms with van der Waals surface area (Å²) >= 11 is 0. The number of hydrogen-bond acceptors (Lipinski definition) is 4. The van der Waals surface area contributed by atoms with Crippen LogP contribution in [-0.2, 0) is 9.53 Å². The van der Waals surface area contributed by atoms with E-state index in [1.807, 2.05) is 25.1 Å². The number of esters is 1. The van der Waals surface area contributed by atoms with Crippen molar-refractivity contribution < 1.29 is 14.3 Å². The van der Waals surface area contributed by atoms with Gasteiger partial charge in [-0.25, -0.2) is 0 Å². The third-order valence-corrected chi connectivity index (χ3v) is 2.57. The van der Waals surface area contributed by atoms with Crippen molar-refractivity contribution in [2.24, 2.45) is 5.73 Å². The molecule has 1 aromatic rings. The molecule has 2 N–H and O–H groups in total. The van der Waals surface area contributed by atoms with Crippen molar-refractivity contribution in [3.63, 3.8) is 0 Å². The van der Waals surface area contributed by atoms with Crippen molar-refractivity contribution in [3.05, 3.63) is 29.3 Å². The minimum atomic E-state index is -0.333. The summed E-state index contributed by atoms with van der Waals surface area (Å²) < 4.78 is 9.99. The summed E-state index contributed by atoms with van der Waals surface area (Å²) in [6.45, 7) is 4.11. The molecule has 0 saturated carbocycles. The van der Waals surface area contributed by atoms with Gasteiger partial charge in [-0.1, -0.05) is 6.07 Å². The zero-order chi connectivity index (χ0) is 12.8. The molecule has 0 aliphatic heterocycles. The molecular weight excluding hydrogens is 218 g/mol. The molecule has 0 heterocycles. The van der Waals surface area contributed by atoms with Crippen LogP contribution < -0.4 is 10.5 Å². The number of aryl methyl sites for hydroxylation is 1. The maximum absolute atomic E-state index is 11.3. The molecule has 0 aromatic heterocycles. The number of benzene rings is 1. The molecule has 17 heavy (non-hydrogen) atoms. The van der Waals surface area contributed by atoms with Crippen LogP contribution in [0.15, 0.2) is 18.2 Å². The molecule has 94 valence electrons. The fourth-order valence-electron chi connectivity index (χ4n) is 1.70. The first kappa shape index (κ1) is 13.5. The second-order valence-electron chi connectivity index (χ2n) is 3.84. The maximum Gasteiger partial charge on any atom is 0.307 e. The van der Waals surface area contributed by atoms with Crippen molar-refractivity contribution in [2.45, 2.75) is 26.3 Å². The summed E-state index contributed by atoms with van der Waals surface area (Å²) in [4.78, 5) is 11.3. The molecule has 0 saturated heterocycles. The van der Waals surface area contributed by atoms with Crippen LogP contribution in [0.1, 0.15) is 30.5 Å². The Morgan fingerprint density at radius 1 is 1.47 bits per heavy atom. The van der Waals surface area contributed by atoms with Gasteiger partial charge in [-0.05, 0) is 37.1 Å². The standard InChI is InChI=1S/C13H19NO3/c1-4-17-13(15)8-12(14)11-6-5-10(16-3)7-9(11)2/h5-7,12H,4,8,14H2,1-3H3/t12-/m0/s1. The molecule has 0 spiro atoms. The third-order valence-electron chi connectivity index (χ3n) is 2.57. The Morgan fingerprint density at radius 2 is 2.18 bits per heavy atom. The summed E-state index contributed by atoms with van der Waals surface area (Å²) in [6, 6.07) is 5.30. The van der Waals surface area contributed by atoms with Crippen LogP contribution in [0, 0.1) is 6.92 Å².